The minimum atomic E-state index is 0.910. The van der Waals surface area contributed by atoms with Gasteiger partial charge in [-0.1, -0.05) is 84.9 Å². The Morgan fingerprint density at radius 1 is 0.583 bits per heavy atom. The van der Waals surface area contributed by atoms with E-state index in [0.29, 0.717) is 0 Å². The van der Waals surface area contributed by atoms with Gasteiger partial charge in [-0.25, -0.2) is 0 Å². The van der Waals surface area contributed by atoms with Crippen molar-refractivity contribution in [1.29, 1.82) is 0 Å². The first-order valence-electron chi connectivity index (χ1n) is 8.08. The lowest BCUT2D eigenvalue weighted by Gasteiger charge is -2.08. The summed E-state index contributed by atoms with van der Waals surface area (Å²) in [6, 6.07) is 27.4. The summed E-state index contributed by atoms with van der Waals surface area (Å²) in [6.07, 6.45) is 4.38. The minimum absolute atomic E-state index is 0.910. The Hall–Kier alpha value is -3.06. The summed E-state index contributed by atoms with van der Waals surface area (Å²) in [5.74, 6) is 0.910. The monoisotopic (exact) mass is 310 g/mol. The Bertz CT molecular complexity index is 1040. The van der Waals surface area contributed by atoms with Gasteiger partial charge in [0.05, 0.1) is 7.11 Å². The van der Waals surface area contributed by atoms with E-state index in [1.54, 1.807) is 7.11 Å². The molecule has 0 amide bonds. The summed E-state index contributed by atoms with van der Waals surface area (Å²) >= 11 is 0. The van der Waals surface area contributed by atoms with E-state index >= 15 is 0 Å². The fourth-order valence-corrected chi connectivity index (χ4v) is 3.19. The maximum atomic E-state index is 5.48. The molecule has 0 saturated carbocycles. The van der Waals surface area contributed by atoms with Crippen molar-refractivity contribution in [3.63, 3.8) is 0 Å². The normalized spacial score (nSPS) is 11.4. The first-order chi connectivity index (χ1) is 11.9. The fourth-order valence-electron chi connectivity index (χ4n) is 3.19. The molecule has 0 N–H and O–H groups in total. The topological polar surface area (TPSA) is 9.23 Å². The molecular formula is C23H18O. The molecule has 0 bridgehead atoms. The van der Waals surface area contributed by atoms with Crippen molar-refractivity contribution in [3.05, 3.63) is 90.0 Å². The first kappa shape index (κ1) is 14.5. The van der Waals surface area contributed by atoms with Crippen LogP contribution in [0.25, 0.3) is 33.7 Å². The number of hydrogen-bond donors (Lipinski definition) is 0. The second kappa shape index (κ2) is 6.21. The highest BCUT2D eigenvalue weighted by atomic mass is 16.5. The molecule has 4 rings (SSSR count). The summed E-state index contributed by atoms with van der Waals surface area (Å²) in [5, 5.41) is 4.88. The van der Waals surface area contributed by atoms with E-state index < -0.39 is 0 Å². The largest absolute Gasteiger partial charge is 0.496 e. The summed E-state index contributed by atoms with van der Waals surface area (Å²) in [4.78, 5) is 0. The third kappa shape index (κ3) is 2.55. The van der Waals surface area contributed by atoms with Crippen LogP contribution in [0.4, 0.5) is 0 Å². The van der Waals surface area contributed by atoms with Gasteiger partial charge in [-0.15, -0.1) is 0 Å². The van der Waals surface area contributed by atoms with Gasteiger partial charge in [0.1, 0.15) is 5.75 Å². The molecule has 0 fully saturated rings. The number of ether oxygens (including phenoxy) is 1. The molecule has 1 heteroatoms. The Morgan fingerprint density at radius 3 is 2.00 bits per heavy atom. The van der Waals surface area contributed by atoms with E-state index in [1.807, 2.05) is 12.1 Å². The maximum Gasteiger partial charge on any atom is 0.126 e. The zero-order valence-corrected chi connectivity index (χ0v) is 13.6. The lowest BCUT2D eigenvalue weighted by molar-refractivity contribution is 0.420. The van der Waals surface area contributed by atoms with Crippen LogP contribution < -0.4 is 4.74 Å². The van der Waals surface area contributed by atoms with Crippen LogP contribution >= 0.6 is 0 Å². The standard InChI is InChI=1S/C23H18O/c1-24-23-16-15-19(21-11-4-5-12-22(21)23)14-13-18-9-6-8-17-7-2-3-10-20(17)18/h2-16H,1H3/b14-13+. The van der Waals surface area contributed by atoms with E-state index in [9.17, 15) is 0 Å². The zero-order chi connectivity index (χ0) is 16.4. The van der Waals surface area contributed by atoms with Gasteiger partial charge in [-0.3, -0.25) is 0 Å². The molecular weight excluding hydrogens is 292 g/mol. The molecule has 0 atom stereocenters. The Labute approximate surface area is 141 Å². The Morgan fingerprint density at radius 2 is 1.21 bits per heavy atom. The summed E-state index contributed by atoms with van der Waals surface area (Å²) in [5.41, 5.74) is 2.42. The van der Waals surface area contributed by atoms with E-state index in [4.69, 9.17) is 4.74 Å². The summed E-state index contributed by atoms with van der Waals surface area (Å²) < 4.78 is 5.48. The second-order valence-corrected chi connectivity index (χ2v) is 5.80. The van der Waals surface area contributed by atoms with Crippen LogP contribution in [-0.4, -0.2) is 7.11 Å². The predicted molar refractivity (Wildman–Crippen MR) is 103 cm³/mol. The van der Waals surface area contributed by atoms with Gasteiger partial charge in [0.15, 0.2) is 0 Å². The molecule has 24 heavy (non-hydrogen) atoms. The molecule has 0 heterocycles. The van der Waals surface area contributed by atoms with Crippen LogP contribution in [-0.2, 0) is 0 Å². The van der Waals surface area contributed by atoms with Crippen LogP contribution in [0.3, 0.4) is 0 Å². The fraction of sp³-hybridized carbons (Fsp3) is 0.0435. The van der Waals surface area contributed by atoms with Gasteiger partial charge in [-0.05, 0) is 33.4 Å². The average Bonchev–Trinajstić information content (AvgIpc) is 2.66. The molecule has 1 nitrogen and oxygen atoms in total. The number of hydrogen-bond acceptors (Lipinski definition) is 1. The van der Waals surface area contributed by atoms with Crippen molar-refractivity contribution in [3.8, 4) is 5.75 Å². The molecule has 0 spiro atoms. The van der Waals surface area contributed by atoms with Gasteiger partial charge in [0.2, 0.25) is 0 Å². The lowest BCUT2D eigenvalue weighted by Crippen LogP contribution is -1.86. The molecule has 0 aromatic heterocycles. The first-order valence-corrected chi connectivity index (χ1v) is 8.08. The van der Waals surface area contributed by atoms with E-state index in [-0.39, 0.29) is 0 Å². The minimum Gasteiger partial charge on any atom is -0.496 e. The van der Waals surface area contributed by atoms with Gasteiger partial charge in [0, 0.05) is 5.39 Å². The van der Waals surface area contributed by atoms with Gasteiger partial charge < -0.3 is 4.74 Å². The van der Waals surface area contributed by atoms with E-state index in [1.165, 1.54) is 27.3 Å². The zero-order valence-electron chi connectivity index (χ0n) is 13.6. The highest BCUT2D eigenvalue weighted by molar-refractivity contribution is 5.98. The summed E-state index contributed by atoms with van der Waals surface area (Å²) in [7, 11) is 1.72. The lowest BCUT2D eigenvalue weighted by atomic mass is 10.0. The number of methoxy groups -OCH3 is 1. The van der Waals surface area contributed by atoms with Crippen molar-refractivity contribution in [2.24, 2.45) is 0 Å². The van der Waals surface area contributed by atoms with Crippen LogP contribution in [0.2, 0.25) is 0 Å². The number of rotatable bonds is 3. The number of fused-ring (bicyclic) bond motifs is 2. The Balaban J connectivity index is 1.83. The molecule has 4 aromatic rings. The van der Waals surface area contributed by atoms with Crippen molar-refractivity contribution in [1.82, 2.24) is 0 Å². The van der Waals surface area contributed by atoms with Gasteiger partial charge >= 0.3 is 0 Å². The third-order valence-corrected chi connectivity index (χ3v) is 4.40. The predicted octanol–water partition coefficient (Wildman–Crippen LogP) is 6.17. The Kier molecular flexibility index (Phi) is 3.76. The van der Waals surface area contributed by atoms with E-state index in [0.717, 1.165) is 11.1 Å². The van der Waals surface area contributed by atoms with Crippen molar-refractivity contribution in [2.75, 3.05) is 7.11 Å². The molecule has 0 unspecified atom stereocenters. The third-order valence-electron chi connectivity index (χ3n) is 4.40. The van der Waals surface area contributed by atoms with Gasteiger partial charge in [0.25, 0.3) is 0 Å². The molecule has 0 aliphatic rings. The molecule has 4 aromatic carbocycles. The highest BCUT2D eigenvalue weighted by Crippen LogP contribution is 2.30. The maximum absolute atomic E-state index is 5.48. The van der Waals surface area contributed by atoms with Gasteiger partial charge in [-0.2, -0.15) is 0 Å². The van der Waals surface area contributed by atoms with Crippen molar-refractivity contribution < 1.29 is 4.74 Å². The smallest absolute Gasteiger partial charge is 0.126 e. The van der Waals surface area contributed by atoms with Crippen molar-refractivity contribution in [2.45, 2.75) is 0 Å². The molecule has 116 valence electrons. The second-order valence-electron chi connectivity index (χ2n) is 5.80. The molecule has 0 aliphatic heterocycles. The highest BCUT2D eigenvalue weighted by Gasteiger charge is 2.04. The molecule has 0 aliphatic carbocycles. The van der Waals surface area contributed by atoms with Crippen molar-refractivity contribution >= 4 is 33.7 Å². The molecule has 0 saturated heterocycles. The summed E-state index contributed by atoms with van der Waals surface area (Å²) in [6.45, 7) is 0. The van der Waals surface area contributed by atoms with E-state index in [2.05, 4.69) is 78.9 Å². The van der Waals surface area contributed by atoms with Crippen LogP contribution in [0.15, 0.2) is 78.9 Å². The average molecular weight is 310 g/mol. The quantitative estimate of drug-likeness (QED) is 0.411. The van der Waals surface area contributed by atoms with Crippen LogP contribution in [0.1, 0.15) is 11.1 Å². The molecule has 0 radical (unpaired) electrons. The SMILES string of the molecule is COc1ccc(/C=C/c2cccc3ccccc23)c2ccccc12. The number of benzene rings is 4. The van der Waals surface area contributed by atoms with Crippen LogP contribution in [0, 0.1) is 0 Å². The van der Waals surface area contributed by atoms with Crippen LogP contribution in [0.5, 0.6) is 5.75 Å².